The van der Waals surface area contributed by atoms with Crippen molar-refractivity contribution in [2.45, 2.75) is 43.7 Å². The number of rotatable bonds is 9. The third-order valence-electron chi connectivity index (χ3n) is 6.71. The van der Waals surface area contributed by atoms with Crippen molar-refractivity contribution in [2.75, 3.05) is 0 Å². The smallest absolute Gasteiger partial charge is 0.276 e. The minimum atomic E-state index is -3.76. The molecule has 6 nitrogen and oxygen atoms in total. The molecule has 1 fully saturated rings. The second kappa shape index (κ2) is 10.8. The minimum absolute atomic E-state index is 0.0436. The average molecular weight is 503 g/mol. The van der Waals surface area contributed by atoms with Gasteiger partial charge < -0.3 is 9.47 Å². The molecule has 3 aliphatic carbocycles. The Balaban J connectivity index is 1.35. The van der Waals surface area contributed by atoms with E-state index in [2.05, 4.69) is 22.1 Å². The predicted molar refractivity (Wildman–Crippen MR) is 140 cm³/mol. The van der Waals surface area contributed by atoms with Gasteiger partial charge in [-0.05, 0) is 36.6 Å². The monoisotopic (exact) mass is 502 g/mol. The molecule has 1 N–H and O–H groups in total. The van der Waals surface area contributed by atoms with Crippen LogP contribution in [0, 0.1) is 18.8 Å². The summed E-state index contributed by atoms with van der Waals surface area (Å²) in [7, 11) is -3.76. The standard InChI is InChI=1S/C29H30N2O4S/c1-21-12-15-25(16-13-21)36(32,33)31-30-27-18-24-14-17-26(27)29(35-20-23-10-6-3-7-11-23)28(24)34-19-22-8-4-2-5-9-22/h2-17,24,26,28-29,31H,18-20H2,1H3/b30-27+/t24-,26+,28+,29+/m0/s1. The van der Waals surface area contributed by atoms with Gasteiger partial charge in [-0.1, -0.05) is 90.5 Å². The summed E-state index contributed by atoms with van der Waals surface area (Å²) in [4.78, 5) is 2.64. The Morgan fingerprint density at radius 1 is 0.806 bits per heavy atom. The molecule has 0 spiro atoms. The molecular formula is C29H30N2O4S. The third-order valence-corrected chi connectivity index (χ3v) is 7.93. The number of nitrogens with one attached hydrogen (secondary N) is 1. The van der Waals surface area contributed by atoms with Gasteiger partial charge >= 0.3 is 0 Å². The lowest BCUT2D eigenvalue weighted by molar-refractivity contribution is -0.120. The van der Waals surface area contributed by atoms with E-state index in [-0.39, 0.29) is 28.9 Å². The lowest BCUT2D eigenvalue weighted by Crippen LogP contribution is -2.52. The molecule has 2 bridgehead atoms. The second-order valence-electron chi connectivity index (χ2n) is 9.31. The molecule has 4 atom stereocenters. The molecule has 186 valence electrons. The van der Waals surface area contributed by atoms with Gasteiger partial charge in [0.25, 0.3) is 10.0 Å². The fourth-order valence-corrected chi connectivity index (χ4v) is 5.59. The molecule has 0 radical (unpaired) electrons. The van der Waals surface area contributed by atoms with Crippen molar-refractivity contribution in [3.63, 3.8) is 0 Å². The van der Waals surface area contributed by atoms with Crippen LogP contribution in [0.5, 0.6) is 0 Å². The Morgan fingerprint density at radius 2 is 1.39 bits per heavy atom. The van der Waals surface area contributed by atoms with Crippen LogP contribution >= 0.6 is 0 Å². The van der Waals surface area contributed by atoms with Gasteiger partial charge in [-0.3, -0.25) is 0 Å². The first-order chi connectivity index (χ1) is 17.5. The predicted octanol–water partition coefficient (Wildman–Crippen LogP) is 5.01. The Kier molecular flexibility index (Phi) is 7.32. The molecule has 0 amide bonds. The molecule has 3 aromatic rings. The van der Waals surface area contributed by atoms with Gasteiger partial charge in [0.15, 0.2) is 0 Å². The molecule has 3 aliphatic rings. The van der Waals surface area contributed by atoms with Crippen molar-refractivity contribution in [3.05, 3.63) is 114 Å². The van der Waals surface area contributed by atoms with Gasteiger partial charge in [0.1, 0.15) is 0 Å². The molecule has 0 unspecified atom stereocenters. The molecule has 36 heavy (non-hydrogen) atoms. The summed E-state index contributed by atoms with van der Waals surface area (Å²) < 4.78 is 38.5. The number of nitrogens with zero attached hydrogens (tertiary/aromatic N) is 1. The van der Waals surface area contributed by atoms with E-state index in [1.54, 1.807) is 24.3 Å². The molecular weight excluding hydrogens is 472 g/mol. The number of hydrogen-bond acceptors (Lipinski definition) is 5. The van der Waals surface area contributed by atoms with Crippen LogP contribution in [0.1, 0.15) is 23.1 Å². The maximum Gasteiger partial charge on any atom is 0.276 e. The first kappa shape index (κ1) is 24.4. The first-order valence-electron chi connectivity index (χ1n) is 12.1. The summed E-state index contributed by atoms with van der Waals surface area (Å²) in [6, 6.07) is 26.8. The molecule has 0 saturated heterocycles. The molecule has 7 heteroatoms. The number of benzene rings is 3. The fourth-order valence-electron chi connectivity index (χ4n) is 4.75. The topological polar surface area (TPSA) is 77.0 Å². The Bertz CT molecular complexity index is 1320. The van der Waals surface area contributed by atoms with Crippen LogP contribution in [0.2, 0.25) is 0 Å². The lowest BCUT2D eigenvalue weighted by atomic mass is 9.70. The van der Waals surface area contributed by atoms with E-state index in [9.17, 15) is 8.42 Å². The number of aryl methyl sites for hydroxylation is 1. The van der Waals surface area contributed by atoms with Crippen LogP contribution in [0.3, 0.4) is 0 Å². The lowest BCUT2D eigenvalue weighted by Gasteiger charge is -2.44. The van der Waals surface area contributed by atoms with Gasteiger partial charge in [0.05, 0.1) is 30.3 Å². The van der Waals surface area contributed by atoms with Crippen LogP contribution < -0.4 is 4.83 Å². The highest BCUT2D eigenvalue weighted by molar-refractivity contribution is 7.89. The van der Waals surface area contributed by atoms with Crippen molar-refractivity contribution >= 4 is 15.7 Å². The molecule has 3 aromatic carbocycles. The molecule has 0 aliphatic heterocycles. The zero-order valence-electron chi connectivity index (χ0n) is 20.2. The highest BCUT2D eigenvalue weighted by atomic mass is 32.2. The van der Waals surface area contributed by atoms with Crippen molar-refractivity contribution in [1.29, 1.82) is 0 Å². The van der Waals surface area contributed by atoms with Gasteiger partial charge in [0, 0.05) is 17.5 Å². The second-order valence-corrected chi connectivity index (χ2v) is 11.0. The van der Waals surface area contributed by atoms with Crippen molar-refractivity contribution in [2.24, 2.45) is 16.9 Å². The molecule has 0 aromatic heterocycles. The zero-order valence-corrected chi connectivity index (χ0v) is 21.0. The van der Waals surface area contributed by atoms with Crippen molar-refractivity contribution in [3.8, 4) is 0 Å². The summed E-state index contributed by atoms with van der Waals surface area (Å²) >= 11 is 0. The van der Waals surface area contributed by atoms with E-state index in [1.165, 1.54) is 0 Å². The third kappa shape index (κ3) is 5.59. The zero-order chi connectivity index (χ0) is 25.0. The Labute approximate surface area is 212 Å². The Hall–Kier alpha value is -3.26. The maximum atomic E-state index is 12.8. The summed E-state index contributed by atoms with van der Waals surface area (Å²) in [5.74, 6) is -0.137. The quantitative estimate of drug-likeness (QED) is 0.330. The largest absolute Gasteiger partial charge is 0.370 e. The number of sulfonamides is 1. The van der Waals surface area contributed by atoms with Gasteiger partial charge in [-0.15, -0.1) is 0 Å². The highest BCUT2D eigenvalue weighted by Gasteiger charge is 2.46. The maximum absolute atomic E-state index is 12.8. The highest BCUT2D eigenvalue weighted by Crippen LogP contribution is 2.39. The van der Waals surface area contributed by atoms with Gasteiger partial charge in [0.2, 0.25) is 0 Å². The van der Waals surface area contributed by atoms with E-state index in [0.29, 0.717) is 19.6 Å². The molecule has 6 rings (SSSR count). The van der Waals surface area contributed by atoms with Crippen LogP contribution in [0.25, 0.3) is 0 Å². The van der Waals surface area contributed by atoms with Gasteiger partial charge in [-0.25, -0.2) is 4.83 Å². The number of hydrazone groups is 1. The summed E-state index contributed by atoms with van der Waals surface area (Å²) in [6.07, 6.45) is 4.40. The summed E-state index contributed by atoms with van der Waals surface area (Å²) in [5, 5.41) is 4.39. The SMILES string of the molecule is Cc1ccc(S(=O)(=O)N/N=C2\C[C@@H]3C=C[C@H]2[C@@H](OCc2ccccc2)[C@@H]3OCc2ccccc2)cc1. The van der Waals surface area contributed by atoms with Crippen LogP contribution in [0.15, 0.2) is 107 Å². The molecule has 0 heterocycles. The van der Waals surface area contributed by atoms with Crippen molar-refractivity contribution < 1.29 is 17.9 Å². The van der Waals surface area contributed by atoms with Crippen LogP contribution in [-0.4, -0.2) is 26.3 Å². The number of hydrogen-bond donors (Lipinski definition) is 1. The summed E-state index contributed by atoms with van der Waals surface area (Å²) in [5.41, 5.74) is 3.93. The van der Waals surface area contributed by atoms with E-state index in [4.69, 9.17) is 9.47 Å². The van der Waals surface area contributed by atoms with E-state index >= 15 is 0 Å². The van der Waals surface area contributed by atoms with E-state index < -0.39 is 10.0 Å². The summed E-state index contributed by atoms with van der Waals surface area (Å²) in [6.45, 7) is 2.84. The number of fused-ring (bicyclic) bond motifs is 2. The Morgan fingerprint density at radius 3 is 2.00 bits per heavy atom. The van der Waals surface area contributed by atoms with Crippen LogP contribution in [-0.2, 0) is 32.7 Å². The fraction of sp³-hybridized carbons (Fsp3) is 0.276. The first-order valence-corrected chi connectivity index (χ1v) is 13.6. The number of ether oxygens (including phenoxy) is 2. The van der Waals surface area contributed by atoms with Crippen molar-refractivity contribution in [1.82, 2.24) is 4.83 Å². The van der Waals surface area contributed by atoms with E-state index in [0.717, 1.165) is 22.4 Å². The average Bonchev–Trinajstić information content (AvgIpc) is 2.91. The van der Waals surface area contributed by atoms with Crippen LogP contribution in [0.4, 0.5) is 0 Å². The van der Waals surface area contributed by atoms with Gasteiger partial charge in [-0.2, -0.15) is 13.5 Å². The minimum Gasteiger partial charge on any atom is -0.370 e. The van der Waals surface area contributed by atoms with E-state index in [1.807, 2.05) is 67.6 Å². The normalized spacial score (nSPS) is 24.2. The molecule has 1 saturated carbocycles.